The van der Waals surface area contributed by atoms with Gasteiger partial charge >= 0.3 is 12.2 Å². The van der Waals surface area contributed by atoms with Crippen molar-refractivity contribution in [3.05, 3.63) is 297 Å². The van der Waals surface area contributed by atoms with Crippen LogP contribution in [0.1, 0.15) is 211 Å². The summed E-state index contributed by atoms with van der Waals surface area (Å²) in [6.45, 7) is 32.7. The molecule has 11 rings (SSSR count). The maximum Gasteiger partial charge on any atom is 0.407 e. The second-order valence-electron chi connectivity index (χ2n) is 34.5. The van der Waals surface area contributed by atoms with Gasteiger partial charge in [-0.15, -0.1) is 0 Å². The lowest BCUT2D eigenvalue weighted by molar-refractivity contribution is 0.0515. The molecule has 2 amide bonds. The smallest absolute Gasteiger partial charge is 0.407 e. The lowest BCUT2D eigenvalue weighted by Crippen LogP contribution is -2.33. The molecule has 0 radical (unpaired) electrons. The van der Waals surface area contributed by atoms with Gasteiger partial charge in [0.1, 0.15) is 22.7 Å². The van der Waals surface area contributed by atoms with Crippen molar-refractivity contribution in [1.82, 2.24) is 10.6 Å². The number of fused-ring (bicyclic) bond motifs is 6. The first-order valence-electron chi connectivity index (χ1n) is 45.9. The molecule has 20 heteroatoms. The largest absolute Gasteiger partial charge is 0.494 e. The van der Waals surface area contributed by atoms with Crippen molar-refractivity contribution in [2.24, 2.45) is 0 Å². The maximum absolute atomic E-state index is 12.1. The van der Waals surface area contributed by atoms with Crippen LogP contribution in [0.4, 0.5) is 9.59 Å². The Morgan fingerprint density at radius 2 is 0.684 bits per heavy atom. The number of hydrogen-bond acceptors (Lipinski definition) is 14. The van der Waals surface area contributed by atoms with Gasteiger partial charge in [-0.2, -0.15) is 0 Å². The molecular formula is C113H142Br4N2O14. The molecular weight excluding hydrogens is 1930 g/mol. The molecule has 0 aliphatic heterocycles. The zero-order chi connectivity index (χ0) is 95.0. The van der Waals surface area contributed by atoms with Gasteiger partial charge in [0, 0.05) is 102 Å². The van der Waals surface area contributed by atoms with Crippen LogP contribution >= 0.6 is 63.7 Å². The highest BCUT2D eigenvalue weighted by Gasteiger charge is 2.44. The van der Waals surface area contributed by atoms with Gasteiger partial charge in [0.25, 0.3) is 0 Å². The lowest BCUT2D eigenvalue weighted by Gasteiger charge is -2.33. The van der Waals surface area contributed by atoms with Crippen LogP contribution in [-0.2, 0) is 58.2 Å². The van der Waals surface area contributed by atoms with Gasteiger partial charge in [0.2, 0.25) is 0 Å². The Hall–Kier alpha value is -8.84. The molecule has 0 atom stereocenters. The maximum atomic E-state index is 12.1. The summed E-state index contributed by atoms with van der Waals surface area (Å²) in [6, 6.07) is 64.7. The number of rotatable bonds is 49. The minimum absolute atomic E-state index is 0. The van der Waals surface area contributed by atoms with Crippen molar-refractivity contribution < 1.29 is 66.4 Å². The molecule has 2 aliphatic carbocycles. The van der Waals surface area contributed by atoms with E-state index in [-0.39, 0.29) is 24.3 Å². The number of unbranched alkanes of at least 4 members (excludes halogenated alkanes) is 2. The average molecular weight is 2070 g/mol. The Morgan fingerprint density at radius 3 is 1.08 bits per heavy atom. The van der Waals surface area contributed by atoms with Gasteiger partial charge in [0.05, 0.1) is 66.1 Å². The first kappa shape index (κ1) is 111. The Morgan fingerprint density at radius 1 is 0.346 bits per heavy atom. The number of amides is 2. The fourth-order valence-corrected chi connectivity index (χ4v) is 17.7. The van der Waals surface area contributed by atoms with E-state index in [9.17, 15) is 9.59 Å². The normalized spacial score (nSPS) is 12.6. The summed E-state index contributed by atoms with van der Waals surface area (Å²) in [4.78, 5) is 23.5. The number of allylic oxidation sites excluding steroid dienone is 1. The Bertz CT molecular complexity index is 5000. The number of methoxy groups -OCH3 is 4. The summed E-state index contributed by atoms with van der Waals surface area (Å²) >= 11 is 14.3. The van der Waals surface area contributed by atoms with Gasteiger partial charge in [0.15, 0.2) is 0 Å². The molecule has 9 aromatic carbocycles. The summed E-state index contributed by atoms with van der Waals surface area (Å²) in [6.07, 6.45) is 31.1. The highest BCUT2D eigenvalue weighted by Crippen LogP contribution is 2.56. The van der Waals surface area contributed by atoms with E-state index in [2.05, 4.69) is 276 Å². The van der Waals surface area contributed by atoms with Gasteiger partial charge in [-0.05, 0) is 270 Å². The zero-order valence-corrected chi connectivity index (χ0v) is 85.9. The van der Waals surface area contributed by atoms with Gasteiger partial charge in [-0.3, -0.25) is 0 Å². The molecule has 2 aliphatic rings. The molecule has 0 saturated heterocycles. The van der Waals surface area contributed by atoms with Crippen LogP contribution in [0.2, 0.25) is 0 Å². The first-order chi connectivity index (χ1) is 63.7. The second kappa shape index (κ2) is 59.9. The number of ether oxygens (including phenoxy) is 12. The third kappa shape index (κ3) is 38.7. The van der Waals surface area contributed by atoms with Crippen LogP contribution in [0.5, 0.6) is 11.5 Å². The first-order valence-corrected chi connectivity index (χ1v) is 49.1. The summed E-state index contributed by atoms with van der Waals surface area (Å²) < 4.78 is 70.9. The van der Waals surface area contributed by atoms with Crippen LogP contribution < -0.4 is 20.1 Å². The van der Waals surface area contributed by atoms with E-state index in [1.54, 1.807) is 28.4 Å². The van der Waals surface area contributed by atoms with Crippen LogP contribution in [0.15, 0.2) is 219 Å². The van der Waals surface area contributed by atoms with E-state index in [1.807, 2.05) is 109 Å². The number of alkyl carbamates (subject to hydrolysis) is 2. The number of carbonyl (C=O) groups is 2. The van der Waals surface area contributed by atoms with Crippen LogP contribution in [0.3, 0.4) is 0 Å². The van der Waals surface area contributed by atoms with E-state index in [0.29, 0.717) is 92.4 Å². The molecule has 0 saturated carbocycles. The molecule has 0 heterocycles. The van der Waals surface area contributed by atoms with Crippen molar-refractivity contribution in [3.63, 3.8) is 0 Å². The van der Waals surface area contributed by atoms with E-state index in [1.165, 1.54) is 61.2 Å². The topological polar surface area (TPSA) is 169 Å². The summed E-state index contributed by atoms with van der Waals surface area (Å²) in [5, 5.41) is 5.56. The van der Waals surface area contributed by atoms with Crippen LogP contribution in [-0.4, -0.2) is 157 Å². The van der Waals surface area contributed by atoms with E-state index < -0.39 is 17.3 Å². The standard InChI is InChI=1S/C62H75NO7.C25H32Br2O4.C15H21Br2NO3.C10H10.CH4/c1-8-13-48-15-17-51(18-16-48)27-30-54-31-28-53(46-59(54)69-39-10-9-36-63-60(64)70-61(3,4)5)26-24-50-21-19-49(20-22-50)23-25-52-29-33-56-55-32-14-47(2)44-57(55)62(58(56)45-52,34-11-37-67-42-40-65-6)35-12-38-68-43-41-66-7;1-28-13-15-30-11-3-9-25(10-4-12-31-16-14-29-2)23-17-19(26)5-7-21(23)22-8-6-20(27)18-24(22)25;1-15(2,3)21-14(19)18-6-4-5-7-20-13-9-11(16)8-12(17)10-13;1-3-9-5-7-10(4-2)8-6-9;/h8,13-33,44-46H,9-12,34-43H2,1-7H3,(H,63,64);5-8,17-18H,3-4,9-16H2,1-2H3;8-10H,4-7H2,1-3H3,(H,18,19);3-8H,1-2H2;1H4/b13-8+,25-23+,26-24+,30-27+;;;;. The second-order valence-corrected chi connectivity index (χ2v) is 38.2. The van der Waals surface area contributed by atoms with Crippen molar-refractivity contribution in [3.8, 4) is 33.8 Å². The Kier molecular flexibility index (Phi) is 50.1. The molecule has 2 N–H and O–H groups in total. The highest BCUT2D eigenvalue weighted by molar-refractivity contribution is 9.11. The average Bonchev–Trinajstić information content (AvgIpc) is 1.57. The molecule has 16 nitrogen and oxygen atoms in total. The summed E-state index contributed by atoms with van der Waals surface area (Å²) in [5.74, 6) is 1.63. The minimum Gasteiger partial charge on any atom is -0.494 e. The van der Waals surface area contributed by atoms with Crippen molar-refractivity contribution >= 4 is 131 Å². The molecule has 9 aromatic rings. The van der Waals surface area contributed by atoms with Gasteiger partial charge < -0.3 is 67.5 Å². The Balaban J connectivity index is 0.000000310. The molecule has 716 valence electrons. The third-order valence-electron chi connectivity index (χ3n) is 22.0. The minimum atomic E-state index is -0.526. The molecule has 0 bridgehead atoms. The van der Waals surface area contributed by atoms with Gasteiger partial charge in [-0.25, -0.2) is 9.59 Å². The fraction of sp³-hybridized carbons (Fsp3) is 0.398. The van der Waals surface area contributed by atoms with Gasteiger partial charge in [-0.1, -0.05) is 284 Å². The lowest BCUT2D eigenvalue weighted by atomic mass is 9.71. The number of benzene rings is 9. The van der Waals surface area contributed by atoms with Crippen molar-refractivity contribution in [2.75, 3.05) is 134 Å². The van der Waals surface area contributed by atoms with Crippen LogP contribution in [0.25, 0.3) is 76.9 Å². The number of hydrogen-bond donors (Lipinski definition) is 2. The van der Waals surface area contributed by atoms with E-state index in [4.69, 9.17) is 56.8 Å². The Labute approximate surface area is 828 Å². The predicted molar refractivity (Wildman–Crippen MR) is 567 cm³/mol. The summed E-state index contributed by atoms with van der Waals surface area (Å²) in [5.41, 5.74) is 21.1. The molecule has 133 heavy (non-hydrogen) atoms. The van der Waals surface area contributed by atoms with Crippen molar-refractivity contribution in [1.29, 1.82) is 0 Å². The number of aryl methyl sites for hydroxylation is 1. The highest BCUT2D eigenvalue weighted by atomic mass is 79.9. The predicted octanol–water partition coefficient (Wildman–Crippen LogP) is 29.2. The quantitative estimate of drug-likeness (QED) is 0.0273. The number of carbonyl (C=O) groups excluding carboxylic acids is 2. The molecule has 0 spiro atoms. The van der Waals surface area contributed by atoms with E-state index >= 15 is 0 Å². The monoisotopic (exact) mass is 2070 g/mol. The van der Waals surface area contributed by atoms with Crippen LogP contribution in [0, 0.1) is 6.92 Å². The summed E-state index contributed by atoms with van der Waals surface area (Å²) in [7, 11) is 6.83. The van der Waals surface area contributed by atoms with Crippen molar-refractivity contribution in [2.45, 2.75) is 162 Å². The molecule has 0 aromatic heterocycles. The number of nitrogens with one attached hydrogen (secondary N) is 2. The molecule has 0 fully saturated rings. The third-order valence-corrected chi connectivity index (χ3v) is 23.9. The van der Waals surface area contributed by atoms with E-state index in [0.717, 1.165) is 159 Å². The fourth-order valence-electron chi connectivity index (χ4n) is 15.7. The number of halogens is 4. The molecule has 0 unspecified atom stereocenters. The zero-order valence-electron chi connectivity index (χ0n) is 79.5. The SMILES string of the molecule is C.C/C=C/c1ccc(/C=C/c2ccc(/C=C/c3ccc(/C=C/c4ccc5c(c4)C(CCCOCCOC)(CCCOCCOC)c4cc(C)ccc4-5)cc3)cc2OCCCCNC(=O)OC(C)(C)C)cc1.C=Cc1ccc(C=C)cc1.CC(C)(C)OC(=O)NCCCCOc1cc(Br)cc(Br)c1.COCCOCCCC1(CCCOCCOC)c2cc(Br)ccc2-c2ccc(Br)cc21.